The average Bonchev–Trinajstić information content (AvgIpc) is 2.96. The molecule has 3 rings (SSSR count). The number of piperidine rings is 1. The minimum Gasteiger partial charge on any atom is -0.480 e. The van der Waals surface area contributed by atoms with Crippen molar-refractivity contribution < 1.29 is 28.7 Å². The molecule has 6 nitrogen and oxygen atoms in total. The van der Waals surface area contributed by atoms with E-state index in [1.54, 1.807) is 23.1 Å². The van der Waals surface area contributed by atoms with Crippen LogP contribution in [-0.2, 0) is 17.1 Å². The fourth-order valence-corrected chi connectivity index (χ4v) is 4.85. The van der Waals surface area contributed by atoms with Gasteiger partial charge in [0.1, 0.15) is 5.54 Å². The van der Waals surface area contributed by atoms with Gasteiger partial charge in [-0.25, -0.2) is 0 Å². The molecule has 0 saturated carbocycles. The van der Waals surface area contributed by atoms with Crippen LogP contribution in [0.1, 0.15) is 43.2 Å². The van der Waals surface area contributed by atoms with E-state index in [1.165, 1.54) is 6.07 Å². The number of unbranched alkanes of at least 4 members (excludes halogenated alkanes) is 1. The first-order valence-electron chi connectivity index (χ1n) is 10.2. The third-order valence-electron chi connectivity index (χ3n) is 6.61. The van der Waals surface area contributed by atoms with Gasteiger partial charge in [-0.3, -0.25) is 9.69 Å². The molecule has 2 atom stereocenters. The molecular weight excluding hydrogens is 381 g/mol. The summed E-state index contributed by atoms with van der Waals surface area (Å²) in [6, 6.07) is 5.74. The number of carbonyl (C=O) groups is 1. The molecule has 2 unspecified atom stereocenters. The van der Waals surface area contributed by atoms with E-state index in [0.29, 0.717) is 50.8 Å². The normalized spacial score (nSPS) is 24.1. The maximum absolute atomic E-state index is 14.9. The summed E-state index contributed by atoms with van der Waals surface area (Å²) in [5.74, 6) is -4.30. The molecule has 1 aliphatic heterocycles. The van der Waals surface area contributed by atoms with E-state index in [1.807, 2.05) is 0 Å². The number of rotatable bonds is 8. The maximum Gasteiger partial charge on any atom is 0.451 e. The largest absolute Gasteiger partial charge is 0.480 e. The zero-order valence-corrected chi connectivity index (χ0v) is 16.4. The van der Waals surface area contributed by atoms with E-state index < -0.39 is 30.6 Å². The van der Waals surface area contributed by atoms with Gasteiger partial charge >= 0.3 is 13.1 Å². The van der Waals surface area contributed by atoms with Crippen LogP contribution in [0.15, 0.2) is 24.3 Å². The van der Waals surface area contributed by atoms with Crippen LogP contribution in [0.5, 0.6) is 0 Å². The number of carboxylic acids is 1. The van der Waals surface area contributed by atoms with Crippen molar-refractivity contribution in [2.45, 2.75) is 62.3 Å². The number of nitrogens with two attached hydrogens (primary N) is 1. The van der Waals surface area contributed by atoms with E-state index in [0.717, 1.165) is 0 Å². The van der Waals surface area contributed by atoms with Crippen molar-refractivity contribution in [3.63, 3.8) is 0 Å². The summed E-state index contributed by atoms with van der Waals surface area (Å²) in [5, 5.41) is 27.6. The van der Waals surface area contributed by atoms with Crippen LogP contribution < -0.4 is 5.73 Å². The third kappa shape index (κ3) is 4.48. The van der Waals surface area contributed by atoms with Crippen LogP contribution in [0.3, 0.4) is 0 Å². The number of alkyl halides is 2. The van der Waals surface area contributed by atoms with E-state index >= 15 is 0 Å². The van der Waals surface area contributed by atoms with Crippen LogP contribution in [0.25, 0.3) is 0 Å². The quantitative estimate of drug-likeness (QED) is 0.385. The number of carboxylic acid groups (broad SMARTS) is 1. The number of benzene rings is 1. The van der Waals surface area contributed by atoms with Crippen molar-refractivity contribution in [3.8, 4) is 0 Å². The first kappa shape index (κ1) is 22.1. The third-order valence-corrected chi connectivity index (χ3v) is 6.61. The number of likely N-dealkylation sites (tertiary alicyclic amines) is 1. The van der Waals surface area contributed by atoms with Crippen molar-refractivity contribution in [1.29, 1.82) is 0 Å². The fraction of sp³-hybridized carbons (Fsp3) is 0.650. The first-order chi connectivity index (χ1) is 13.7. The molecule has 1 heterocycles. The van der Waals surface area contributed by atoms with Crippen LogP contribution in [0.2, 0.25) is 6.32 Å². The van der Waals surface area contributed by atoms with Gasteiger partial charge in [0.2, 0.25) is 0 Å². The van der Waals surface area contributed by atoms with Crippen LogP contribution in [0.4, 0.5) is 8.78 Å². The fourth-order valence-electron chi connectivity index (χ4n) is 4.85. The van der Waals surface area contributed by atoms with E-state index in [2.05, 4.69) is 0 Å². The Kier molecular flexibility index (Phi) is 6.62. The highest BCUT2D eigenvalue weighted by Gasteiger charge is 2.52. The van der Waals surface area contributed by atoms with Gasteiger partial charge in [0.25, 0.3) is 5.92 Å². The van der Waals surface area contributed by atoms with Gasteiger partial charge in [0, 0.05) is 5.56 Å². The summed E-state index contributed by atoms with van der Waals surface area (Å²) >= 11 is 0. The lowest BCUT2D eigenvalue weighted by molar-refractivity contribution is -0.147. The van der Waals surface area contributed by atoms with Gasteiger partial charge in [0.15, 0.2) is 0 Å². The van der Waals surface area contributed by atoms with Gasteiger partial charge < -0.3 is 20.9 Å². The number of aliphatic carboxylic acids is 1. The predicted molar refractivity (Wildman–Crippen MR) is 106 cm³/mol. The Morgan fingerprint density at radius 2 is 1.90 bits per heavy atom. The lowest BCUT2D eigenvalue weighted by Crippen LogP contribution is -2.58. The molecule has 5 N–H and O–H groups in total. The van der Waals surface area contributed by atoms with E-state index in [4.69, 9.17) is 15.8 Å². The highest BCUT2D eigenvalue weighted by atomic mass is 19.3. The second kappa shape index (κ2) is 8.67. The smallest absolute Gasteiger partial charge is 0.451 e. The van der Waals surface area contributed by atoms with Crippen LogP contribution in [-0.4, -0.2) is 57.8 Å². The Morgan fingerprint density at radius 3 is 2.48 bits per heavy atom. The van der Waals surface area contributed by atoms with Crippen molar-refractivity contribution in [2.24, 2.45) is 11.7 Å². The Hall–Kier alpha value is -1.55. The molecule has 0 amide bonds. The van der Waals surface area contributed by atoms with Crippen molar-refractivity contribution >= 4 is 13.1 Å². The summed E-state index contributed by atoms with van der Waals surface area (Å²) in [5.41, 5.74) is 5.61. The predicted octanol–water partition coefficient (Wildman–Crippen LogP) is 1.84. The highest BCUT2D eigenvalue weighted by Crippen LogP contribution is 2.45. The van der Waals surface area contributed by atoms with E-state index in [9.17, 15) is 18.7 Å². The molecule has 0 radical (unpaired) electrons. The standard InChI is InChI=1S/C20H29BF2N2O4/c22-20(23)16-6-2-1-5-14(16)13-17(20)25-11-7-15(8-12-25)19(24,18(26)27)9-3-4-10-21(28)29/h1-2,5-6,15,17,28-29H,3-4,7-13,24H2,(H,26,27). The summed E-state index contributed by atoms with van der Waals surface area (Å²) < 4.78 is 29.8. The van der Waals surface area contributed by atoms with E-state index in [-0.39, 0.29) is 24.2 Å². The number of hydrogen-bond acceptors (Lipinski definition) is 5. The summed E-state index contributed by atoms with van der Waals surface area (Å²) in [6.45, 7) is 0.779. The van der Waals surface area contributed by atoms with Gasteiger partial charge in [-0.1, -0.05) is 37.1 Å². The Balaban J connectivity index is 1.61. The SMILES string of the molecule is NC(CCCCB(O)O)(C(=O)O)C1CCN(C2Cc3ccccc3C2(F)F)CC1. The van der Waals surface area contributed by atoms with Gasteiger partial charge in [-0.15, -0.1) is 0 Å². The molecule has 1 aromatic carbocycles. The topological polar surface area (TPSA) is 107 Å². The average molecular weight is 410 g/mol. The maximum atomic E-state index is 14.9. The number of hydrogen-bond donors (Lipinski definition) is 4. The zero-order chi connectivity index (χ0) is 21.2. The van der Waals surface area contributed by atoms with Crippen molar-refractivity contribution in [2.75, 3.05) is 13.1 Å². The molecule has 0 aromatic heterocycles. The molecule has 29 heavy (non-hydrogen) atoms. The molecule has 1 fully saturated rings. The van der Waals surface area contributed by atoms with Gasteiger partial charge in [-0.2, -0.15) is 8.78 Å². The van der Waals surface area contributed by atoms with Gasteiger partial charge in [0.05, 0.1) is 6.04 Å². The van der Waals surface area contributed by atoms with Crippen LogP contribution in [0, 0.1) is 5.92 Å². The number of nitrogens with zero attached hydrogens (tertiary/aromatic N) is 1. The molecule has 2 aliphatic rings. The Bertz CT molecular complexity index is 728. The Morgan fingerprint density at radius 1 is 1.24 bits per heavy atom. The summed E-state index contributed by atoms with van der Waals surface area (Å²) in [4.78, 5) is 13.7. The molecule has 1 aliphatic carbocycles. The zero-order valence-electron chi connectivity index (χ0n) is 16.4. The lowest BCUT2D eigenvalue weighted by atomic mass is 9.74. The molecule has 1 saturated heterocycles. The summed E-state index contributed by atoms with van der Waals surface area (Å²) in [6.07, 6.45) is 2.54. The first-order valence-corrected chi connectivity index (χ1v) is 10.2. The summed E-state index contributed by atoms with van der Waals surface area (Å²) in [7, 11) is -1.41. The minimum absolute atomic E-state index is 0.0944. The molecule has 0 bridgehead atoms. The minimum atomic E-state index is -2.92. The number of halogens is 2. The molecular formula is C20H29BF2N2O4. The van der Waals surface area contributed by atoms with Gasteiger partial charge in [-0.05, 0) is 56.6 Å². The van der Waals surface area contributed by atoms with Crippen molar-refractivity contribution in [3.05, 3.63) is 35.4 Å². The molecule has 9 heteroatoms. The highest BCUT2D eigenvalue weighted by molar-refractivity contribution is 6.40. The van der Waals surface area contributed by atoms with Crippen molar-refractivity contribution in [1.82, 2.24) is 4.90 Å². The second-order valence-corrected chi connectivity index (χ2v) is 8.38. The van der Waals surface area contributed by atoms with Crippen LogP contribution >= 0.6 is 0 Å². The lowest BCUT2D eigenvalue weighted by Gasteiger charge is -2.43. The molecule has 1 aromatic rings. The molecule has 0 spiro atoms. The molecule has 160 valence electrons. The Labute approximate surface area is 169 Å². The second-order valence-electron chi connectivity index (χ2n) is 8.38. The monoisotopic (exact) mass is 410 g/mol. The number of fused-ring (bicyclic) bond motifs is 1.